The molecular weight excluding hydrogens is 421 g/mol. The highest BCUT2D eigenvalue weighted by molar-refractivity contribution is 14.1. The molecule has 0 atom stereocenters. The highest BCUT2D eigenvalue weighted by Crippen LogP contribution is 2.34. The lowest BCUT2D eigenvalue weighted by Gasteiger charge is -2.01. The Balaban J connectivity index is 2.23. The van der Waals surface area contributed by atoms with Gasteiger partial charge in [-0.05, 0) is 28.7 Å². The average Bonchev–Trinajstić information content (AvgIpc) is 2.72. The molecule has 1 aromatic heterocycles. The summed E-state index contributed by atoms with van der Waals surface area (Å²) in [7, 11) is 0. The monoisotopic (exact) mass is 430 g/mol. The van der Waals surface area contributed by atoms with Gasteiger partial charge in [0.15, 0.2) is 0 Å². The third kappa shape index (κ3) is 3.29. The lowest BCUT2D eigenvalue weighted by atomic mass is 10.2. The van der Waals surface area contributed by atoms with Crippen molar-refractivity contribution in [1.29, 1.82) is 0 Å². The van der Waals surface area contributed by atoms with E-state index in [9.17, 15) is 4.79 Å². The number of hydrogen-bond donors (Lipinski definition) is 2. The van der Waals surface area contributed by atoms with Crippen molar-refractivity contribution in [3.63, 3.8) is 0 Å². The van der Waals surface area contributed by atoms with Gasteiger partial charge in [-0.3, -0.25) is 4.79 Å². The van der Waals surface area contributed by atoms with Crippen molar-refractivity contribution in [2.24, 2.45) is 0 Å². The van der Waals surface area contributed by atoms with Gasteiger partial charge in [-0.1, -0.05) is 29.3 Å². The number of fused-ring (bicyclic) bond motifs is 1. The third-order valence-electron chi connectivity index (χ3n) is 2.69. The Hall–Kier alpha value is -0.170. The topological polar surface area (TPSA) is 44.9 Å². The van der Waals surface area contributed by atoms with Gasteiger partial charge in [0.1, 0.15) is 5.88 Å². The molecule has 102 valence electrons. The molecule has 0 bridgehead atoms. The molecule has 3 nitrogen and oxygen atoms in total. The zero-order valence-electron chi connectivity index (χ0n) is 9.70. The van der Waals surface area contributed by atoms with Crippen LogP contribution in [0.5, 0.6) is 0 Å². The molecule has 0 aliphatic carbocycles. The zero-order chi connectivity index (χ0) is 14.0. The second-order valence-electron chi connectivity index (χ2n) is 3.94. The molecule has 19 heavy (non-hydrogen) atoms. The van der Waals surface area contributed by atoms with Crippen LogP contribution >= 0.6 is 57.4 Å². The molecular formula is C12H10Cl3IN2O. The summed E-state index contributed by atoms with van der Waals surface area (Å²) in [5.74, 6) is -0.195. The van der Waals surface area contributed by atoms with Crippen molar-refractivity contribution in [3.05, 3.63) is 31.4 Å². The molecule has 0 spiro atoms. The number of rotatable bonds is 4. The number of aromatic amines is 1. The Morgan fingerprint density at radius 1 is 1.37 bits per heavy atom. The lowest BCUT2D eigenvalue weighted by molar-refractivity contribution is -0.118. The molecule has 2 rings (SSSR count). The van der Waals surface area contributed by atoms with Crippen molar-refractivity contribution < 1.29 is 4.79 Å². The van der Waals surface area contributed by atoms with Crippen molar-refractivity contribution >= 4 is 74.2 Å². The largest absolute Gasteiger partial charge is 0.356 e. The first-order chi connectivity index (χ1) is 9.04. The molecule has 1 amide bonds. The Labute approximate surface area is 139 Å². The first-order valence-corrected chi connectivity index (χ1v) is 7.88. The number of alkyl halides is 1. The molecule has 0 aliphatic heterocycles. The van der Waals surface area contributed by atoms with Crippen LogP contribution in [0.1, 0.15) is 5.69 Å². The fourth-order valence-corrected chi connectivity index (χ4v) is 3.09. The van der Waals surface area contributed by atoms with Crippen LogP contribution in [0.25, 0.3) is 10.9 Å². The molecule has 0 saturated carbocycles. The smallest absolute Gasteiger partial charge is 0.234 e. The third-order valence-corrected chi connectivity index (χ3v) is 4.97. The van der Waals surface area contributed by atoms with E-state index in [1.807, 2.05) is 6.07 Å². The zero-order valence-corrected chi connectivity index (χ0v) is 14.1. The summed E-state index contributed by atoms with van der Waals surface area (Å²) in [5, 5.41) is 4.80. The van der Waals surface area contributed by atoms with Gasteiger partial charge in [-0.15, -0.1) is 11.6 Å². The van der Waals surface area contributed by atoms with Gasteiger partial charge in [0.25, 0.3) is 0 Å². The van der Waals surface area contributed by atoms with E-state index in [1.165, 1.54) is 0 Å². The van der Waals surface area contributed by atoms with Crippen LogP contribution in [-0.2, 0) is 11.2 Å². The Kier molecular flexibility index (Phi) is 5.22. The van der Waals surface area contributed by atoms with E-state index in [1.54, 1.807) is 6.07 Å². The molecule has 2 aromatic rings. The number of hydrogen-bond acceptors (Lipinski definition) is 1. The van der Waals surface area contributed by atoms with E-state index in [0.717, 1.165) is 20.2 Å². The van der Waals surface area contributed by atoms with Crippen LogP contribution in [0.3, 0.4) is 0 Å². The maximum Gasteiger partial charge on any atom is 0.234 e. The van der Waals surface area contributed by atoms with E-state index in [-0.39, 0.29) is 11.8 Å². The summed E-state index contributed by atoms with van der Waals surface area (Å²) in [6.07, 6.45) is 0.684. The van der Waals surface area contributed by atoms with Gasteiger partial charge < -0.3 is 10.3 Å². The molecule has 1 aromatic carbocycles. The summed E-state index contributed by atoms with van der Waals surface area (Å²) in [6.45, 7) is 0.528. The highest BCUT2D eigenvalue weighted by atomic mass is 127. The number of halogens is 4. The molecule has 7 heteroatoms. The Morgan fingerprint density at radius 2 is 2.11 bits per heavy atom. The second kappa shape index (κ2) is 6.52. The minimum Gasteiger partial charge on any atom is -0.356 e. The van der Waals surface area contributed by atoms with Gasteiger partial charge in [0, 0.05) is 27.6 Å². The molecule has 1 heterocycles. The van der Waals surface area contributed by atoms with Gasteiger partial charge in [0.2, 0.25) is 5.91 Å². The second-order valence-corrected chi connectivity index (χ2v) is 6.07. The van der Waals surface area contributed by atoms with Gasteiger partial charge >= 0.3 is 0 Å². The quantitative estimate of drug-likeness (QED) is 0.558. The van der Waals surface area contributed by atoms with Crippen LogP contribution in [0.4, 0.5) is 0 Å². The van der Waals surface area contributed by atoms with Crippen LogP contribution in [0.15, 0.2) is 12.1 Å². The summed E-state index contributed by atoms with van der Waals surface area (Å²) in [5.41, 5.74) is 1.85. The molecule has 0 unspecified atom stereocenters. The van der Waals surface area contributed by atoms with Gasteiger partial charge in [-0.2, -0.15) is 0 Å². The number of aromatic nitrogens is 1. The minimum absolute atomic E-state index is 0.0226. The molecule has 0 aliphatic rings. The van der Waals surface area contributed by atoms with Crippen LogP contribution < -0.4 is 5.32 Å². The van der Waals surface area contributed by atoms with Crippen molar-refractivity contribution in [2.45, 2.75) is 6.42 Å². The van der Waals surface area contributed by atoms with Gasteiger partial charge in [-0.25, -0.2) is 0 Å². The first-order valence-electron chi connectivity index (χ1n) is 5.51. The maximum atomic E-state index is 11.1. The van der Waals surface area contributed by atoms with E-state index in [2.05, 4.69) is 32.9 Å². The maximum absolute atomic E-state index is 11.1. The summed E-state index contributed by atoms with van der Waals surface area (Å²) in [4.78, 5) is 14.3. The fraction of sp³-hybridized carbons (Fsp3) is 0.250. The van der Waals surface area contributed by atoms with Crippen LogP contribution in [0.2, 0.25) is 10.0 Å². The predicted octanol–water partition coefficient (Wildman–Crippen LogP) is 3.98. The van der Waals surface area contributed by atoms with Crippen LogP contribution in [0, 0.1) is 3.57 Å². The number of nitrogens with one attached hydrogen (secondary N) is 2. The summed E-state index contributed by atoms with van der Waals surface area (Å²) in [6, 6.07) is 3.71. The van der Waals surface area contributed by atoms with Crippen molar-refractivity contribution in [3.8, 4) is 0 Å². The lowest BCUT2D eigenvalue weighted by Crippen LogP contribution is -2.26. The van der Waals surface area contributed by atoms with Crippen molar-refractivity contribution in [1.82, 2.24) is 10.3 Å². The molecule has 0 fully saturated rings. The predicted molar refractivity (Wildman–Crippen MR) is 88.5 cm³/mol. The normalized spacial score (nSPS) is 10.9. The molecule has 0 radical (unpaired) electrons. The van der Waals surface area contributed by atoms with Crippen LogP contribution in [-0.4, -0.2) is 23.3 Å². The number of carbonyl (C=O) groups excluding carboxylic acids is 1. The van der Waals surface area contributed by atoms with E-state index < -0.39 is 0 Å². The standard InChI is InChI=1S/C12H10Cl3IN2O/c13-5-9(19)17-4-3-8-11(16)6-1-2-7(14)10(15)12(6)18-8/h1-2,18H,3-5H2,(H,17,19). The molecule has 0 saturated heterocycles. The van der Waals surface area contributed by atoms with E-state index in [0.29, 0.717) is 23.0 Å². The first kappa shape index (κ1) is 15.2. The average molecular weight is 431 g/mol. The fourth-order valence-electron chi connectivity index (χ4n) is 1.77. The number of H-pyrrole nitrogens is 1. The Morgan fingerprint density at radius 3 is 2.79 bits per heavy atom. The summed E-state index contributed by atoms with van der Waals surface area (Å²) < 4.78 is 1.09. The minimum atomic E-state index is -0.172. The van der Waals surface area contributed by atoms with Crippen molar-refractivity contribution in [2.75, 3.05) is 12.4 Å². The SMILES string of the molecule is O=C(CCl)NCCc1[nH]c2c(Cl)c(Cl)ccc2c1I. The molecule has 2 N–H and O–H groups in total. The Bertz CT molecular complexity index is 627. The number of carbonyl (C=O) groups is 1. The number of amides is 1. The number of benzene rings is 1. The highest BCUT2D eigenvalue weighted by Gasteiger charge is 2.13. The van der Waals surface area contributed by atoms with E-state index in [4.69, 9.17) is 34.8 Å². The van der Waals surface area contributed by atoms with E-state index >= 15 is 0 Å². The van der Waals surface area contributed by atoms with Gasteiger partial charge in [0.05, 0.1) is 15.6 Å². The summed E-state index contributed by atoms with van der Waals surface area (Å²) >= 11 is 19.8.